The Balaban J connectivity index is 2.12. The van der Waals surface area contributed by atoms with Crippen molar-refractivity contribution in [3.63, 3.8) is 0 Å². The number of nitrogens with one attached hydrogen (secondary N) is 1. The lowest BCUT2D eigenvalue weighted by molar-refractivity contribution is 0.564. The van der Waals surface area contributed by atoms with E-state index in [0.717, 1.165) is 20.4 Å². The average molecular weight is 297 g/mol. The Hall–Kier alpha value is -0.800. The summed E-state index contributed by atoms with van der Waals surface area (Å²) in [5.74, 6) is 0. The van der Waals surface area contributed by atoms with Crippen LogP contribution >= 0.6 is 22.9 Å². The molecule has 1 N–H and O–H groups in total. The summed E-state index contributed by atoms with van der Waals surface area (Å²) in [6, 6.07) is 6.43. The third-order valence-corrected chi connectivity index (χ3v) is 4.70. The van der Waals surface area contributed by atoms with E-state index >= 15 is 0 Å². The van der Waals surface area contributed by atoms with Gasteiger partial charge in [0.2, 0.25) is 0 Å². The molecule has 4 heteroatoms. The minimum atomic E-state index is 0.532. The summed E-state index contributed by atoms with van der Waals surface area (Å²) in [5, 5.41) is 5.37. The quantitative estimate of drug-likeness (QED) is 0.706. The predicted molar refractivity (Wildman–Crippen MR) is 86.5 cm³/mol. The molecule has 0 radical (unpaired) electrons. The molecule has 0 fully saturated rings. The Kier molecular flexibility index (Phi) is 5.46. The predicted octanol–water partition coefficient (Wildman–Crippen LogP) is 5.72. The molecular weight excluding hydrogens is 276 g/mol. The minimum Gasteiger partial charge on any atom is -0.359 e. The fourth-order valence-electron chi connectivity index (χ4n) is 2.24. The maximum absolute atomic E-state index is 6.19. The molecule has 0 saturated carbocycles. The van der Waals surface area contributed by atoms with E-state index in [9.17, 15) is 0 Å². The van der Waals surface area contributed by atoms with E-state index in [0.29, 0.717) is 6.04 Å². The van der Waals surface area contributed by atoms with Crippen molar-refractivity contribution in [2.24, 2.45) is 0 Å². The summed E-state index contributed by atoms with van der Waals surface area (Å²) < 4.78 is 1.08. The average Bonchev–Trinajstić information content (AvgIpc) is 2.80. The molecule has 1 heterocycles. The van der Waals surface area contributed by atoms with Gasteiger partial charge in [0, 0.05) is 6.04 Å². The second-order valence-electron chi connectivity index (χ2n) is 4.88. The van der Waals surface area contributed by atoms with Crippen molar-refractivity contribution in [3.05, 3.63) is 23.2 Å². The molecule has 1 unspecified atom stereocenters. The second-order valence-corrected chi connectivity index (χ2v) is 6.29. The Morgan fingerprint density at radius 2 is 2.11 bits per heavy atom. The lowest BCUT2D eigenvalue weighted by Gasteiger charge is -2.16. The van der Waals surface area contributed by atoms with Gasteiger partial charge in [0.05, 0.1) is 15.2 Å². The molecule has 104 valence electrons. The Morgan fingerprint density at radius 1 is 1.26 bits per heavy atom. The van der Waals surface area contributed by atoms with Crippen LogP contribution in [-0.2, 0) is 0 Å². The third-order valence-electron chi connectivity index (χ3n) is 3.24. The van der Waals surface area contributed by atoms with Crippen molar-refractivity contribution in [3.8, 4) is 0 Å². The van der Waals surface area contributed by atoms with Crippen LogP contribution in [0.2, 0.25) is 5.02 Å². The van der Waals surface area contributed by atoms with E-state index in [2.05, 4.69) is 24.1 Å². The molecule has 0 spiro atoms. The first-order chi connectivity index (χ1) is 9.24. The number of anilines is 1. The molecule has 0 aliphatic carbocycles. The first kappa shape index (κ1) is 14.6. The van der Waals surface area contributed by atoms with Crippen LogP contribution in [0.15, 0.2) is 18.2 Å². The van der Waals surface area contributed by atoms with Crippen molar-refractivity contribution < 1.29 is 0 Å². The second kappa shape index (κ2) is 7.11. The summed E-state index contributed by atoms with van der Waals surface area (Å²) in [5.41, 5.74) is 0.991. The van der Waals surface area contributed by atoms with Gasteiger partial charge >= 0.3 is 0 Å². The highest BCUT2D eigenvalue weighted by Gasteiger charge is 2.11. The van der Waals surface area contributed by atoms with Crippen LogP contribution in [0.5, 0.6) is 0 Å². The van der Waals surface area contributed by atoms with Crippen LogP contribution in [0, 0.1) is 0 Å². The third kappa shape index (κ3) is 3.83. The highest BCUT2D eigenvalue weighted by molar-refractivity contribution is 7.22. The van der Waals surface area contributed by atoms with Gasteiger partial charge in [-0.25, -0.2) is 4.98 Å². The zero-order chi connectivity index (χ0) is 13.7. The molecule has 0 amide bonds. The molecule has 2 rings (SSSR count). The van der Waals surface area contributed by atoms with Crippen LogP contribution in [0.4, 0.5) is 5.13 Å². The van der Waals surface area contributed by atoms with Crippen molar-refractivity contribution in [2.75, 3.05) is 5.32 Å². The SMILES string of the molecule is CCCCC(CCC)Nc1nc2cccc(Cl)c2s1. The van der Waals surface area contributed by atoms with Gasteiger partial charge in [-0.2, -0.15) is 0 Å². The summed E-state index contributed by atoms with van der Waals surface area (Å²) in [6.45, 7) is 4.47. The van der Waals surface area contributed by atoms with E-state index in [1.54, 1.807) is 11.3 Å². The van der Waals surface area contributed by atoms with Crippen LogP contribution in [0.25, 0.3) is 10.2 Å². The lowest BCUT2D eigenvalue weighted by Crippen LogP contribution is -2.18. The van der Waals surface area contributed by atoms with E-state index < -0.39 is 0 Å². The maximum atomic E-state index is 6.19. The van der Waals surface area contributed by atoms with Crippen LogP contribution in [-0.4, -0.2) is 11.0 Å². The van der Waals surface area contributed by atoms with Gasteiger partial charge in [0.15, 0.2) is 5.13 Å². The number of unbranched alkanes of at least 4 members (excludes halogenated alkanes) is 1. The van der Waals surface area contributed by atoms with E-state index in [4.69, 9.17) is 11.6 Å². The summed E-state index contributed by atoms with van der Waals surface area (Å²) >= 11 is 7.85. The first-order valence-corrected chi connectivity index (χ1v) is 8.25. The highest BCUT2D eigenvalue weighted by atomic mass is 35.5. The van der Waals surface area contributed by atoms with Crippen LogP contribution in [0.1, 0.15) is 46.0 Å². The highest BCUT2D eigenvalue weighted by Crippen LogP contribution is 2.32. The monoisotopic (exact) mass is 296 g/mol. The Labute approximate surface area is 124 Å². The molecule has 2 aromatic rings. The molecule has 1 atom stereocenters. The smallest absolute Gasteiger partial charge is 0.184 e. The number of rotatable bonds is 7. The van der Waals surface area contributed by atoms with Gasteiger partial charge in [-0.1, -0.05) is 62.1 Å². The molecule has 0 aliphatic heterocycles. The van der Waals surface area contributed by atoms with E-state index in [-0.39, 0.29) is 0 Å². The molecule has 1 aromatic carbocycles. The molecule has 2 nitrogen and oxygen atoms in total. The molecule has 0 saturated heterocycles. The van der Waals surface area contributed by atoms with Crippen molar-refractivity contribution in [1.29, 1.82) is 0 Å². The molecule has 0 aliphatic rings. The molecule has 1 aromatic heterocycles. The largest absolute Gasteiger partial charge is 0.359 e. The first-order valence-electron chi connectivity index (χ1n) is 7.06. The Morgan fingerprint density at radius 3 is 2.79 bits per heavy atom. The Bertz CT molecular complexity index is 524. The van der Waals surface area contributed by atoms with Crippen LogP contribution in [0.3, 0.4) is 0 Å². The van der Waals surface area contributed by atoms with Crippen molar-refractivity contribution in [2.45, 2.75) is 52.0 Å². The van der Waals surface area contributed by atoms with Gasteiger partial charge in [-0.05, 0) is 25.0 Å². The normalized spacial score (nSPS) is 12.8. The molecule has 0 bridgehead atoms. The summed E-state index contributed by atoms with van der Waals surface area (Å²) in [4.78, 5) is 4.63. The minimum absolute atomic E-state index is 0.532. The number of hydrogen-bond donors (Lipinski definition) is 1. The van der Waals surface area contributed by atoms with Crippen LogP contribution < -0.4 is 5.32 Å². The fourth-order valence-corrected chi connectivity index (χ4v) is 3.47. The number of fused-ring (bicyclic) bond motifs is 1. The number of benzene rings is 1. The maximum Gasteiger partial charge on any atom is 0.184 e. The number of aromatic nitrogens is 1. The fraction of sp³-hybridized carbons (Fsp3) is 0.533. The number of hydrogen-bond acceptors (Lipinski definition) is 3. The van der Waals surface area contributed by atoms with Gasteiger partial charge < -0.3 is 5.32 Å². The topological polar surface area (TPSA) is 24.9 Å². The number of halogens is 1. The van der Waals surface area contributed by atoms with Crippen molar-refractivity contribution in [1.82, 2.24) is 4.98 Å². The van der Waals surface area contributed by atoms with Gasteiger partial charge in [-0.15, -0.1) is 0 Å². The standard InChI is InChI=1S/C15H21ClN2S/c1-3-5-8-11(7-4-2)17-15-18-13-10-6-9-12(16)14(13)19-15/h6,9-11H,3-5,7-8H2,1-2H3,(H,17,18). The van der Waals surface area contributed by atoms with Crippen molar-refractivity contribution >= 4 is 38.3 Å². The molecule has 19 heavy (non-hydrogen) atoms. The lowest BCUT2D eigenvalue weighted by atomic mass is 10.1. The zero-order valence-corrected chi connectivity index (χ0v) is 13.2. The molecular formula is C15H21ClN2S. The van der Waals surface area contributed by atoms with Gasteiger partial charge in [-0.3, -0.25) is 0 Å². The van der Waals surface area contributed by atoms with Gasteiger partial charge in [0.25, 0.3) is 0 Å². The van der Waals surface area contributed by atoms with E-state index in [1.165, 1.54) is 32.1 Å². The number of nitrogens with zero attached hydrogens (tertiary/aromatic N) is 1. The van der Waals surface area contributed by atoms with Gasteiger partial charge in [0.1, 0.15) is 0 Å². The summed E-state index contributed by atoms with van der Waals surface area (Å²) in [6.07, 6.45) is 6.13. The number of thiazole rings is 1. The zero-order valence-electron chi connectivity index (χ0n) is 11.6. The van der Waals surface area contributed by atoms with E-state index in [1.807, 2.05) is 18.2 Å². The summed E-state index contributed by atoms with van der Waals surface area (Å²) in [7, 11) is 0.